The molecule has 2 atom stereocenters. The maximum atomic E-state index is 11.7. The fourth-order valence-electron chi connectivity index (χ4n) is 4.62. The minimum atomic E-state index is -0.0282. The quantitative estimate of drug-likeness (QED) is 0.916. The molecule has 1 aromatic heterocycles. The summed E-state index contributed by atoms with van der Waals surface area (Å²) in [6.07, 6.45) is 5.29. The number of aryl methyl sites for hydroxylation is 1. The minimum absolute atomic E-state index is 0.0282. The Hall–Kier alpha value is -1.85. The highest BCUT2D eigenvalue weighted by molar-refractivity contribution is 5.85. The molecule has 4 rings (SSSR count). The van der Waals surface area contributed by atoms with Gasteiger partial charge in [0.15, 0.2) is 0 Å². The van der Waals surface area contributed by atoms with Crippen molar-refractivity contribution in [1.29, 1.82) is 0 Å². The zero-order valence-electron chi connectivity index (χ0n) is 15.8. The molecule has 0 bridgehead atoms. The first-order chi connectivity index (χ1) is 12.6. The Morgan fingerprint density at radius 2 is 2.04 bits per heavy atom. The Bertz CT molecular complexity index is 832. The van der Waals surface area contributed by atoms with Gasteiger partial charge in [-0.1, -0.05) is 0 Å². The molecule has 3 heterocycles. The number of rotatable bonds is 4. The van der Waals surface area contributed by atoms with E-state index in [0.29, 0.717) is 12.1 Å². The summed E-state index contributed by atoms with van der Waals surface area (Å²) < 4.78 is 5.58. The highest BCUT2D eigenvalue weighted by atomic mass is 16.5. The number of hydrogen-bond acceptors (Lipinski definition) is 4. The minimum Gasteiger partial charge on any atom is -0.380 e. The first kappa shape index (κ1) is 17.6. The van der Waals surface area contributed by atoms with E-state index in [1.165, 1.54) is 37.9 Å². The Balaban J connectivity index is 1.54. The SMILES string of the molecule is COC1CCCN(CC2CCCN2c2ccc3[nH]c(=O)cc(C)c3c2)C1. The lowest BCUT2D eigenvalue weighted by Crippen LogP contribution is -2.46. The topological polar surface area (TPSA) is 48.6 Å². The fourth-order valence-corrected chi connectivity index (χ4v) is 4.62. The average molecular weight is 355 g/mol. The lowest BCUT2D eigenvalue weighted by Gasteiger charge is -2.36. The standard InChI is InChI=1S/C21H29N3O2/c1-15-11-21(25)22-20-8-7-16(12-19(15)20)24-10-3-5-17(24)13-23-9-4-6-18(14-23)26-2/h7-8,11-12,17-18H,3-6,9-10,13-14H2,1-2H3,(H,22,25). The van der Waals surface area contributed by atoms with Crippen molar-refractivity contribution in [3.8, 4) is 0 Å². The van der Waals surface area contributed by atoms with Gasteiger partial charge in [0.05, 0.1) is 6.10 Å². The number of aromatic nitrogens is 1. The molecule has 26 heavy (non-hydrogen) atoms. The van der Waals surface area contributed by atoms with Crippen molar-refractivity contribution in [2.75, 3.05) is 38.2 Å². The smallest absolute Gasteiger partial charge is 0.248 e. The summed E-state index contributed by atoms with van der Waals surface area (Å²) in [6.45, 7) is 6.48. The molecule has 5 nitrogen and oxygen atoms in total. The van der Waals surface area contributed by atoms with Crippen LogP contribution in [0.4, 0.5) is 5.69 Å². The summed E-state index contributed by atoms with van der Waals surface area (Å²) >= 11 is 0. The van der Waals surface area contributed by atoms with Crippen LogP contribution in [-0.4, -0.2) is 55.3 Å². The van der Waals surface area contributed by atoms with Gasteiger partial charge in [0.25, 0.3) is 0 Å². The van der Waals surface area contributed by atoms with Crippen LogP contribution in [-0.2, 0) is 4.74 Å². The van der Waals surface area contributed by atoms with Crippen LogP contribution >= 0.6 is 0 Å². The number of anilines is 1. The Morgan fingerprint density at radius 1 is 1.19 bits per heavy atom. The van der Waals surface area contributed by atoms with E-state index in [9.17, 15) is 4.79 Å². The second-order valence-corrected chi connectivity index (χ2v) is 7.80. The van der Waals surface area contributed by atoms with E-state index in [0.717, 1.165) is 36.1 Å². The van der Waals surface area contributed by atoms with E-state index in [4.69, 9.17) is 4.74 Å². The van der Waals surface area contributed by atoms with Crippen molar-refractivity contribution in [2.24, 2.45) is 0 Å². The van der Waals surface area contributed by atoms with E-state index in [1.54, 1.807) is 6.07 Å². The number of piperidine rings is 1. The van der Waals surface area contributed by atoms with Crippen LogP contribution in [0, 0.1) is 6.92 Å². The summed E-state index contributed by atoms with van der Waals surface area (Å²) in [4.78, 5) is 19.8. The van der Waals surface area contributed by atoms with Gasteiger partial charge in [-0.2, -0.15) is 0 Å². The number of H-pyrrole nitrogens is 1. The van der Waals surface area contributed by atoms with Gasteiger partial charge in [-0.05, 0) is 62.9 Å². The van der Waals surface area contributed by atoms with Gasteiger partial charge in [-0.15, -0.1) is 0 Å². The number of fused-ring (bicyclic) bond motifs is 1. The molecular weight excluding hydrogens is 326 g/mol. The number of aromatic amines is 1. The molecule has 2 saturated heterocycles. The Morgan fingerprint density at radius 3 is 2.88 bits per heavy atom. The van der Waals surface area contributed by atoms with Gasteiger partial charge in [0, 0.05) is 55.4 Å². The van der Waals surface area contributed by atoms with Gasteiger partial charge in [-0.25, -0.2) is 0 Å². The molecule has 2 aliphatic heterocycles. The summed E-state index contributed by atoms with van der Waals surface area (Å²) in [5, 5.41) is 1.14. The van der Waals surface area contributed by atoms with E-state index < -0.39 is 0 Å². The molecular formula is C21H29N3O2. The van der Waals surface area contributed by atoms with Crippen LogP contribution in [0.5, 0.6) is 0 Å². The summed E-state index contributed by atoms with van der Waals surface area (Å²) in [7, 11) is 1.83. The first-order valence-electron chi connectivity index (χ1n) is 9.79. The van der Waals surface area contributed by atoms with Crippen LogP contribution in [0.1, 0.15) is 31.2 Å². The highest BCUT2D eigenvalue weighted by Crippen LogP contribution is 2.30. The van der Waals surface area contributed by atoms with E-state index in [2.05, 4.69) is 33.0 Å². The normalized spacial score (nSPS) is 24.5. The van der Waals surface area contributed by atoms with Gasteiger partial charge in [0.1, 0.15) is 0 Å². The van der Waals surface area contributed by atoms with Gasteiger partial charge in [-0.3, -0.25) is 9.69 Å². The van der Waals surface area contributed by atoms with Crippen molar-refractivity contribution < 1.29 is 4.74 Å². The van der Waals surface area contributed by atoms with Gasteiger partial charge in [0.2, 0.25) is 5.56 Å². The zero-order valence-corrected chi connectivity index (χ0v) is 15.8. The van der Waals surface area contributed by atoms with Gasteiger partial charge < -0.3 is 14.6 Å². The largest absolute Gasteiger partial charge is 0.380 e. The van der Waals surface area contributed by atoms with Crippen molar-refractivity contribution in [3.63, 3.8) is 0 Å². The molecule has 2 fully saturated rings. The lowest BCUT2D eigenvalue weighted by molar-refractivity contribution is 0.0296. The molecule has 5 heteroatoms. The third-order valence-electron chi connectivity index (χ3n) is 6.01. The summed E-state index contributed by atoms with van der Waals surface area (Å²) in [5.41, 5.74) is 3.21. The van der Waals surface area contributed by atoms with Crippen molar-refractivity contribution in [3.05, 3.63) is 40.2 Å². The molecule has 140 valence electrons. The van der Waals surface area contributed by atoms with Crippen LogP contribution < -0.4 is 10.5 Å². The fraction of sp³-hybridized carbons (Fsp3) is 0.571. The van der Waals surface area contributed by atoms with Crippen LogP contribution in [0.15, 0.2) is 29.1 Å². The van der Waals surface area contributed by atoms with Crippen LogP contribution in [0.3, 0.4) is 0 Å². The monoisotopic (exact) mass is 355 g/mol. The summed E-state index contributed by atoms with van der Waals surface area (Å²) in [5.74, 6) is 0. The molecule has 0 spiro atoms. The van der Waals surface area contributed by atoms with E-state index in [1.807, 2.05) is 14.0 Å². The predicted octanol–water partition coefficient (Wildman–Crippen LogP) is 2.92. The number of hydrogen-bond donors (Lipinski definition) is 1. The van der Waals surface area contributed by atoms with Crippen LogP contribution in [0.2, 0.25) is 0 Å². The lowest BCUT2D eigenvalue weighted by atomic mass is 10.1. The summed E-state index contributed by atoms with van der Waals surface area (Å²) in [6, 6.07) is 8.70. The number of methoxy groups -OCH3 is 1. The predicted molar refractivity (Wildman–Crippen MR) is 106 cm³/mol. The molecule has 0 radical (unpaired) electrons. The number of pyridine rings is 1. The zero-order chi connectivity index (χ0) is 18.1. The molecule has 1 N–H and O–H groups in total. The van der Waals surface area contributed by atoms with E-state index >= 15 is 0 Å². The molecule has 2 unspecified atom stereocenters. The average Bonchev–Trinajstić information content (AvgIpc) is 3.09. The third-order valence-corrected chi connectivity index (χ3v) is 6.01. The van der Waals surface area contributed by atoms with Crippen LogP contribution in [0.25, 0.3) is 10.9 Å². The number of likely N-dealkylation sites (tertiary alicyclic amines) is 1. The second-order valence-electron chi connectivity index (χ2n) is 7.80. The third kappa shape index (κ3) is 3.51. The molecule has 2 aliphatic rings. The molecule has 0 aliphatic carbocycles. The molecule has 0 saturated carbocycles. The van der Waals surface area contributed by atoms with Crippen molar-refractivity contribution >= 4 is 16.6 Å². The number of benzene rings is 1. The number of ether oxygens (including phenoxy) is 1. The second kappa shape index (κ2) is 7.41. The maximum Gasteiger partial charge on any atom is 0.248 e. The number of nitrogens with zero attached hydrogens (tertiary/aromatic N) is 2. The highest BCUT2D eigenvalue weighted by Gasteiger charge is 2.29. The Kier molecular flexibility index (Phi) is 5.00. The maximum absolute atomic E-state index is 11.7. The molecule has 1 aromatic carbocycles. The number of nitrogens with one attached hydrogen (secondary N) is 1. The van der Waals surface area contributed by atoms with Crippen molar-refractivity contribution in [1.82, 2.24) is 9.88 Å². The molecule has 2 aromatic rings. The Labute approximate surface area is 154 Å². The first-order valence-corrected chi connectivity index (χ1v) is 9.79. The van der Waals surface area contributed by atoms with E-state index in [-0.39, 0.29) is 5.56 Å². The van der Waals surface area contributed by atoms with Gasteiger partial charge >= 0.3 is 0 Å². The molecule has 0 amide bonds. The van der Waals surface area contributed by atoms with Crippen molar-refractivity contribution in [2.45, 2.75) is 44.8 Å².